The van der Waals surface area contributed by atoms with Gasteiger partial charge in [-0.1, -0.05) is 6.07 Å². The molecule has 10 heteroatoms. The van der Waals surface area contributed by atoms with Crippen LogP contribution in [-0.2, 0) is 6.54 Å². The molecule has 1 atom stereocenters. The molecule has 1 fully saturated rings. The van der Waals surface area contributed by atoms with E-state index in [2.05, 4.69) is 15.4 Å². The van der Waals surface area contributed by atoms with Crippen LogP contribution in [0.2, 0.25) is 0 Å². The van der Waals surface area contributed by atoms with Crippen LogP contribution >= 0.6 is 0 Å². The maximum Gasteiger partial charge on any atom is 0.266 e. The summed E-state index contributed by atoms with van der Waals surface area (Å²) in [6.07, 6.45) is 6.26. The Kier molecular flexibility index (Phi) is 5.55. The second-order valence-electron chi connectivity index (χ2n) is 8.26. The average Bonchev–Trinajstić information content (AvgIpc) is 3.60. The highest BCUT2D eigenvalue weighted by molar-refractivity contribution is 5.78. The number of nitriles is 1. The largest absolute Gasteiger partial charge is 0.394 e. The van der Waals surface area contributed by atoms with Crippen LogP contribution in [0.4, 0.5) is 14.6 Å². The summed E-state index contributed by atoms with van der Waals surface area (Å²) in [5.74, 6) is -0.576. The highest BCUT2D eigenvalue weighted by Crippen LogP contribution is 2.34. The Morgan fingerprint density at radius 2 is 2.00 bits per heavy atom. The van der Waals surface area contributed by atoms with Gasteiger partial charge in [0.2, 0.25) is 0 Å². The first-order valence-corrected chi connectivity index (χ1v) is 10.8. The number of hydrogen-bond acceptors (Lipinski definition) is 6. The fourth-order valence-corrected chi connectivity index (χ4v) is 4.04. The highest BCUT2D eigenvalue weighted by atomic mass is 19.1. The molecule has 2 N–H and O–H groups in total. The third kappa shape index (κ3) is 3.91. The van der Waals surface area contributed by atoms with Crippen molar-refractivity contribution in [2.24, 2.45) is 5.92 Å². The van der Waals surface area contributed by atoms with Gasteiger partial charge in [0, 0.05) is 24.0 Å². The summed E-state index contributed by atoms with van der Waals surface area (Å²) in [7, 11) is 0. The van der Waals surface area contributed by atoms with E-state index in [1.807, 2.05) is 6.07 Å². The maximum absolute atomic E-state index is 14.1. The fraction of sp³-hybridized carbons (Fsp3) is 0.250. The molecular formula is C24H20F2N6O2. The Balaban J connectivity index is 1.53. The number of halogens is 2. The van der Waals surface area contributed by atoms with E-state index in [1.54, 1.807) is 12.1 Å². The minimum Gasteiger partial charge on any atom is -0.394 e. The Morgan fingerprint density at radius 3 is 2.68 bits per heavy atom. The molecule has 0 amide bonds. The normalized spacial score (nSPS) is 14.2. The van der Waals surface area contributed by atoms with Crippen LogP contribution in [-0.4, -0.2) is 37.1 Å². The number of anilines is 1. The summed E-state index contributed by atoms with van der Waals surface area (Å²) in [4.78, 5) is 17.5. The van der Waals surface area contributed by atoms with Crippen LogP contribution in [0.15, 0.2) is 53.7 Å². The number of aromatic nitrogens is 4. The summed E-state index contributed by atoms with van der Waals surface area (Å²) >= 11 is 0. The molecule has 1 aliphatic carbocycles. The summed E-state index contributed by atoms with van der Waals surface area (Å²) in [6, 6.07) is 8.72. The van der Waals surface area contributed by atoms with Gasteiger partial charge in [-0.2, -0.15) is 10.4 Å². The number of hydrogen-bond donors (Lipinski definition) is 2. The molecule has 0 aliphatic heterocycles. The quantitative estimate of drug-likeness (QED) is 0.437. The van der Waals surface area contributed by atoms with Gasteiger partial charge in [-0.25, -0.2) is 13.8 Å². The van der Waals surface area contributed by atoms with Crippen molar-refractivity contribution in [3.8, 4) is 11.8 Å². The molecule has 0 radical (unpaired) electrons. The lowest BCUT2D eigenvalue weighted by atomic mass is 10.2. The predicted molar refractivity (Wildman–Crippen MR) is 121 cm³/mol. The lowest BCUT2D eigenvalue weighted by Crippen LogP contribution is -2.27. The molecule has 3 aromatic heterocycles. The Bertz CT molecular complexity index is 1470. The van der Waals surface area contributed by atoms with Crippen LogP contribution in [0.25, 0.3) is 16.6 Å². The van der Waals surface area contributed by atoms with Crippen molar-refractivity contribution >= 4 is 16.7 Å². The molecule has 0 spiro atoms. The number of nitrogens with one attached hydrogen (secondary N) is 1. The van der Waals surface area contributed by atoms with E-state index in [0.29, 0.717) is 22.9 Å². The molecule has 1 saturated carbocycles. The maximum atomic E-state index is 14.1. The van der Waals surface area contributed by atoms with Crippen LogP contribution < -0.4 is 10.9 Å². The van der Waals surface area contributed by atoms with E-state index >= 15 is 0 Å². The topological polar surface area (TPSA) is 109 Å². The van der Waals surface area contributed by atoms with Crippen molar-refractivity contribution in [1.29, 1.82) is 5.26 Å². The number of nitrogens with zero attached hydrogens (tertiary/aromatic N) is 5. The van der Waals surface area contributed by atoms with Gasteiger partial charge in [0.15, 0.2) is 0 Å². The minimum atomic E-state index is -0.695. The van der Waals surface area contributed by atoms with Crippen LogP contribution in [0.3, 0.4) is 0 Å². The summed E-state index contributed by atoms with van der Waals surface area (Å²) in [6.45, 7) is -0.225. The number of rotatable bonds is 7. The van der Waals surface area contributed by atoms with Crippen molar-refractivity contribution in [2.75, 3.05) is 11.9 Å². The van der Waals surface area contributed by atoms with Crippen molar-refractivity contribution < 1.29 is 13.9 Å². The molecule has 5 rings (SSSR count). The number of pyridine rings is 2. The molecule has 172 valence electrons. The van der Waals surface area contributed by atoms with Gasteiger partial charge < -0.3 is 10.4 Å². The standard InChI is InChI=1S/C24H20F2N6O2/c25-18-2-1-3-19(26)17(18)12-32-21-6-7-31(24(34)16(21)11-29-32)22-8-23(28-10-15(22)9-27)30-20(13-33)14-4-5-14/h1-3,6-8,10-11,14,20,33H,4-5,12-13H2,(H,28,30)/t20-/m1/s1. The number of fused-ring (bicyclic) bond motifs is 1. The van der Waals surface area contributed by atoms with E-state index < -0.39 is 17.2 Å². The summed E-state index contributed by atoms with van der Waals surface area (Å²) < 4.78 is 30.9. The van der Waals surface area contributed by atoms with E-state index in [4.69, 9.17) is 0 Å². The average molecular weight is 462 g/mol. The van der Waals surface area contributed by atoms with E-state index in [-0.39, 0.29) is 35.7 Å². The van der Waals surface area contributed by atoms with E-state index in [1.165, 1.54) is 46.0 Å². The van der Waals surface area contributed by atoms with Gasteiger partial charge in [0.1, 0.15) is 23.5 Å². The van der Waals surface area contributed by atoms with Crippen molar-refractivity contribution in [2.45, 2.75) is 25.4 Å². The molecule has 0 saturated heterocycles. The second kappa shape index (κ2) is 8.68. The minimum absolute atomic E-state index is 0.0463. The van der Waals surface area contributed by atoms with E-state index in [9.17, 15) is 23.9 Å². The molecule has 4 aromatic rings. The molecule has 0 bridgehead atoms. The van der Waals surface area contributed by atoms with Crippen molar-refractivity contribution in [1.82, 2.24) is 19.3 Å². The first-order chi connectivity index (χ1) is 16.5. The SMILES string of the molecule is N#Cc1cnc(N[C@H](CO)C2CC2)cc1-n1ccc2c(cnn2Cc2c(F)cccc2F)c1=O. The Labute approximate surface area is 192 Å². The molecule has 1 aliphatic rings. The second-order valence-corrected chi connectivity index (χ2v) is 8.26. The zero-order valence-electron chi connectivity index (χ0n) is 17.9. The zero-order chi connectivity index (χ0) is 23.8. The van der Waals surface area contributed by atoms with Gasteiger partial charge in [-0.3, -0.25) is 14.0 Å². The third-order valence-electron chi connectivity index (χ3n) is 6.06. The number of aliphatic hydroxyl groups excluding tert-OH is 1. The molecule has 0 unspecified atom stereocenters. The zero-order valence-corrected chi connectivity index (χ0v) is 17.9. The van der Waals surface area contributed by atoms with Crippen LogP contribution in [0.1, 0.15) is 24.0 Å². The monoisotopic (exact) mass is 462 g/mol. The lowest BCUT2D eigenvalue weighted by Gasteiger charge is -2.17. The number of aliphatic hydroxyl groups is 1. The van der Waals surface area contributed by atoms with Crippen molar-refractivity contribution in [3.05, 3.63) is 82.0 Å². The molecule has 8 nitrogen and oxygen atoms in total. The van der Waals surface area contributed by atoms with Gasteiger partial charge in [0.25, 0.3) is 5.56 Å². The lowest BCUT2D eigenvalue weighted by molar-refractivity contribution is 0.263. The van der Waals surface area contributed by atoms with Gasteiger partial charge in [-0.05, 0) is 37.0 Å². The fourth-order valence-electron chi connectivity index (χ4n) is 4.04. The molecular weight excluding hydrogens is 442 g/mol. The first-order valence-electron chi connectivity index (χ1n) is 10.8. The van der Waals surface area contributed by atoms with E-state index in [0.717, 1.165) is 12.8 Å². The Morgan fingerprint density at radius 1 is 1.24 bits per heavy atom. The Hall–Kier alpha value is -4.10. The molecule has 1 aromatic carbocycles. The molecule has 34 heavy (non-hydrogen) atoms. The first kappa shape index (κ1) is 21.7. The van der Waals surface area contributed by atoms with Gasteiger partial charge in [-0.15, -0.1) is 0 Å². The highest BCUT2D eigenvalue weighted by Gasteiger charge is 2.31. The summed E-state index contributed by atoms with van der Waals surface area (Å²) in [5.41, 5.74) is 0.339. The van der Waals surface area contributed by atoms with Gasteiger partial charge >= 0.3 is 0 Å². The smallest absolute Gasteiger partial charge is 0.266 e. The van der Waals surface area contributed by atoms with Crippen LogP contribution in [0, 0.1) is 28.9 Å². The third-order valence-corrected chi connectivity index (χ3v) is 6.06. The predicted octanol–water partition coefficient (Wildman–Crippen LogP) is 2.96. The van der Waals surface area contributed by atoms with Gasteiger partial charge in [0.05, 0.1) is 47.5 Å². The summed E-state index contributed by atoms with van der Waals surface area (Å²) in [5, 5.41) is 26.8. The van der Waals surface area contributed by atoms with Crippen molar-refractivity contribution in [3.63, 3.8) is 0 Å². The number of benzene rings is 1. The van der Waals surface area contributed by atoms with Crippen LogP contribution in [0.5, 0.6) is 0 Å². The molecule has 3 heterocycles.